The number of carbonyl (C=O) groups excluding carboxylic acids is 1. The number of methoxy groups -OCH3 is 1. The molecule has 2 aromatic carbocycles. The van der Waals surface area contributed by atoms with Crippen molar-refractivity contribution in [1.82, 2.24) is 25.2 Å². The fraction of sp³-hybridized carbons (Fsp3) is 0.211. The van der Waals surface area contributed by atoms with E-state index in [0.717, 1.165) is 16.0 Å². The summed E-state index contributed by atoms with van der Waals surface area (Å²) < 4.78 is 13.4. The summed E-state index contributed by atoms with van der Waals surface area (Å²) in [5, 5.41) is 15.6. The predicted molar refractivity (Wildman–Crippen MR) is 116 cm³/mol. The fourth-order valence-corrected chi connectivity index (χ4v) is 4.32. The number of nitrogens with zero attached hydrogens (tertiary/aromatic N) is 5. The first-order valence-corrected chi connectivity index (χ1v) is 10.9. The molecule has 154 valence electrons. The molecule has 0 fully saturated rings. The second-order valence-corrected chi connectivity index (χ2v) is 7.94. The highest BCUT2D eigenvalue weighted by Crippen LogP contribution is 2.30. The lowest BCUT2D eigenvalue weighted by molar-refractivity contribution is -0.113. The number of fused-ring (bicyclic) bond motifs is 1. The maximum atomic E-state index is 12.4. The number of amides is 1. The van der Waals surface area contributed by atoms with Crippen molar-refractivity contribution < 1.29 is 14.3 Å². The molecule has 0 aliphatic rings. The zero-order valence-corrected chi connectivity index (χ0v) is 17.9. The van der Waals surface area contributed by atoms with Crippen LogP contribution >= 0.6 is 23.1 Å². The Bertz CT molecular complexity index is 1180. The van der Waals surface area contributed by atoms with Gasteiger partial charge >= 0.3 is 0 Å². The molecule has 0 aliphatic heterocycles. The molecule has 9 nitrogen and oxygen atoms in total. The highest BCUT2D eigenvalue weighted by molar-refractivity contribution is 7.99. The van der Waals surface area contributed by atoms with Crippen molar-refractivity contribution in [3.05, 3.63) is 42.5 Å². The van der Waals surface area contributed by atoms with Gasteiger partial charge in [0.2, 0.25) is 11.1 Å². The van der Waals surface area contributed by atoms with E-state index in [2.05, 4.69) is 25.8 Å². The Morgan fingerprint density at radius 2 is 2.13 bits per heavy atom. The number of aromatic nitrogens is 5. The Balaban J connectivity index is 1.42. The van der Waals surface area contributed by atoms with E-state index in [1.165, 1.54) is 23.1 Å². The maximum Gasteiger partial charge on any atom is 0.236 e. The minimum atomic E-state index is -0.196. The molecule has 4 aromatic rings. The third-order valence-corrected chi connectivity index (χ3v) is 5.86. The van der Waals surface area contributed by atoms with Crippen molar-refractivity contribution in [3.63, 3.8) is 0 Å². The molecular weight excluding hydrogens is 424 g/mol. The predicted octanol–water partition coefficient (Wildman–Crippen LogP) is 3.41. The maximum absolute atomic E-state index is 12.4. The summed E-state index contributed by atoms with van der Waals surface area (Å²) in [6.45, 7) is 2.53. The molecule has 0 spiro atoms. The Morgan fingerprint density at radius 3 is 2.97 bits per heavy atom. The summed E-state index contributed by atoms with van der Waals surface area (Å²) in [6, 6.07) is 13.1. The lowest BCUT2D eigenvalue weighted by Gasteiger charge is -2.08. The number of para-hydroxylation sites is 2. The molecule has 2 heterocycles. The number of anilines is 1. The number of carbonyl (C=O) groups is 1. The number of benzene rings is 2. The third kappa shape index (κ3) is 4.36. The minimum absolute atomic E-state index is 0.135. The molecule has 11 heteroatoms. The topological polar surface area (TPSA) is 104 Å². The van der Waals surface area contributed by atoms with Crippen LogP contribution < -0.4 is 14.8 Å². The average molecular weight is 443 g/mol. The van der Waals surface area contributed by atoms with Crippen molar-refractivity contribution in [2.45, 2.75) is 12.1 Å². The van der Waals surface area contributed by atoms with Crippen LogP contribution in [0.2, 0.25) is 0 Å². The first-order chi connectivity index (χ1) is 14.7. The molecule has 0 unspecified atom stereocenters. The molecule has 0 saturated carbocycles. The van der Waals surface area contributed by atoms with E-state index >= 15 is 0 Å². The van der Waals surface area contributed by atoms with Gasteiger partial charge in [-0.3, -0.25) is 4.79 Å². The van der Waals surface area contributed by atoms with E-state index in [0.29, 0.717) is 28.3 Å². The lowest BCUT2D eigenvalue weighted by atomic mass is 10.3. The summed E-state index contributed by atoms with van der Waals surface area (Å²) in [4.78, 5) is 16.9. The highest BCUT2D eigenvalue weighted by Gasteiger charge is 2.15. The second-order valence-electron chi connectivity index (χ2n) is 5.96. The van der Waals surface area contributed by atoms with Gasteiger partial charge in [0.15, 0.2) is 5.13 Å². The molecule has 0 radical (unpaired) electrons. The third-order valence-electron chi connectivity index (χ3n) is 4.00. The van der Waals surface area contributed by atoms with Crippen LogP contribution in [0.1, 0.15) is 6.92 Å². The first kappa shape index (κ1) is 20.1. The molecule has 0 saturated heterocycles. The summed E-state index contributed by atoms with van der Waals surface area (Å²) >= 11 is 2.63. The first-order valence-electron chi connectivity index (χ1n) is 9.05. The van der Waals surface area contributed by atoms with Gasteiger partial charge in [-0.15, -0.1) is 5.10 Å². The van der Waals surface area contributed by atoms with Crippen molar-refractivity contribution in [2.75, 3.05) is 24.8 Å². The molecular formula is C19H18N6O3S2. The Hall–Kier alpha value is -3.18. The number of hydrogen-bond acceptors (Lipinski definition) is 9. The number of rotatable bonds is 8. The van der Waals surface area contributed by atoms with E-state index < -0.39 is 0 Å². The SMILES string of the molecule is CCOc1ccc2nc(NC(=O)CSc3nnnn3-c3ccccc3OC)sc2c1. The smallest absolute Gasteiger partial charge is 0.236 e. The van der Waals surface area contributed by atoms with Gasteiger partial charge in [0.1, 0.15) is 17.2 Å². The van der Waals surface area contributed by atoms with Crippen LogP contribution in [0.5, 0.6) is 11.5 Å². The normalized spacial score (nSPS) is 10.9. The van der Waals surface area contributed by atoms with Gasteiger partial charge in [-0.05, 0) is 47.7 Å². The van der Waals surface area contributed by atoms with E-state index in [4.69, 9.17) is 9.47 Å². The quantitative estimate of drug-likeness (QED) is 0.414. The largest absolute Gasteiger partial charge is 0.494 e. The molecule has 0 aliphatic carbocycles. The van der Waals surface area contributed by atoms with Crippen LogP contribution in [0.25, 0.3) is 15.9 Å². The van der Waals surface area contributed by atoms with Crippen LogP contribution in [0, 0.1) is 0 Å². The van der Waals surface area contributed by atoms with Crippen molar-refractivity contribution in [3.8, 4) is 17.2 Å². The van der Waals surface area contributed by atoms with Crippen LogP contribution in [-0.4, -0.2) is 50.6 Å². The van der Waals surface area contributed by atoms with Crippen molar-refractivity contribution >= 4 is 44.4 Å². The van der Waals surface area contributed by atoms with Gasteiger partial charge in [0.05, 0.1) is 29.7 Å². The van der Waals surface area contributed by atoms with Gasteiger partial charge in [-0.1, -0.05) is 35.2 Å². The molecule has 0 atom stereocenters. The summed E-state index contributed by atoms with van der Waals surface area (Å²) in [6.07, 6.45) is 0. The van der Waals surface area contributed by atoms with Crippen molar-refractivity contribution in [2.24, 2.45) is 0 Å². The van der Waals surface area contributed by atoms with Crippen LogP contribution in [0.4, 0.5) is 5.13 Å². The number of nitrogens with one attached hydrogen (secondary N) is 1. The second kappa shape index (κ2) is 9.09. The number of ether oxygens (including phenoxy) is 2. The molecule has 1 N–H and O–H groups in total. The standard InChI is InChI=1S/C19H18N6O3S2/c1-3-28-12-8-9-13-16(10-12)30-18(20-13)21-17(26)11-29-19-22-23-24-25(19)14-6-4-5-7-15(14)27-2/h4-10H,3,11H2,1-2H3,(H,20,21,26). The van der Waals surface area contributed by atoms with E-state index in [1.54, 1.807) is 11.8 Å². The summed E-state index contributed by atoms with van der Waals surface area (Å²) in [7, 11) is 1.58. The number of tetrazole rings is 1. The van der Waals surface area contributed by atoms with Gasteiger partial charge in [-0.25, -0.2) is 4.98 Å². The van der Waals surface area contributed by atoms with Gasteiger partial charge in [0, 0.05) is 0 Å². The zero-order valence-electron chi connectivity index (χ0n) is 16.2. The Kier molecular flexibility index (Phi) is 6.10. The van der Waals surface area contributed by atoms with E-state index in [1.807, 2.05) is 49.4 Å². The highest BCUT2D eigenvalue weighted by atomic mass is 32.2. The van der Waals surface area contributed by atoms with Crippen LogP contribution in [0.15, 0.2) is 47.6 Å². The Morgan fingerprint density at radius 1 is 1.27 bits per heavy atom. The van der Waals surface area contributed by atoms with Gasteiger partial charge in [0.25, 0.3) is 0 Å². The molecule has 30 heavy (non-hydrogen) atoms. The van der Waals surface area contributed by atoms with Crippen LogP contribution in [-0.2, 0) is 4.79 Å². The van der Waals surface area contributed by atoms with Gasteiger partial charge < -0.3 is 14.8 Å². The Labute approximate surface area is 180 Å². The molecule has 0 bridgehead atoms. The summed E-state index contributed by atoms with van der Waals surface area (Å²) in [5.74, 6) is 1.36. The summed E-state index contributed by atoms with van der Waals surface area (Å²) in [5.41, 5.74) is 1.51. The van der Waals surface area contributed by atoms with Crippen molar-refractivity contribution in [1.29, 1.82) is 0 Å². The lowest BCUT2D eigenvalue weighted by Crippen LogP contribution is -2.14. The number of hydrogen-bond donors (Lipinski definition) is 1. The molecule has 4 rings (SSSR count). The molecule has 2 aromatic heterocycles. The van der Waals surface area contributed by atoms with E-state index in [9.17, 15) is 4.79 Å². The van der Waals surface area contributed by atoms with E-state index in [-0.39, 0.29) is 11.7 Å². The fourth-order valence-electron chi connectivity index (χ4n) is 2.73. The molecule has 1 amide bonds. The zero-order chi connectivity index (χ0) is 20.9. The average Bonchev–Trinajstić information content (AvgIpc) is 3.38. The van der Waals surface area contributed by atoms with Crippen LogP contribution in [0.3, 0.4) is 0 Å². The number of thioether (sulfide) groups is 1. The number of thiazole rings is 1. The van der Waals surface area contributed by atoms with Gasteiger partial charge in [-0.2, -0.15) is 4.68 Å². The monoisotopic (exact) mass is 442 g/mol. The minimum Gasteiger partial charge on any atom is -0.494 e.